The summed E-state index contributed by atoms with van der Waals surface area (Å²) >= 11 is 0. The van der Waals surface area contributed by atoms with E-state index in [1.54, 1.807) is 26.2 Å². The summed E-state index contributed by atoms with van der Waals surface area (Å²) in [6.07, 6.45) is 0.592. The Bertz CT molecular complexity index is 1050. The van der Waals surface area contributed by atoms with Crippen molar-refractivity contribution in [3.05, 3.63) is 95.6 Å². The number of methoxy groups -OCH3 is 2. The van der Waals surface area contributed by atoms with Gasteiger partial charge in [0.05, 0.1) is 20.6 Å². The lowest BCUT2D eigenvalue weighted by atomic mass is 10.0. The van der Waals surface area contributed by atoms with Gasteiger partial charge in [0.15, 0.2) is 0 Å². The third kappa shape index (κ3) is 6.59. The average Bonchev–Trinajstić information content (AvgIpc) is 2.86. The lowest BCUT2D eigenvalue weighted by molar-refractivity contribution is -0.140. The van der Waals surface area contributed by atoms with Crippen molar-refractivity contribution >= 4 is 11.8 Å². The molecule has 3 aromatic rings. The molecule has 0 heterocycles. The maximum absolute atomic E-state index is 13.6. The van der Waals surface area contributed by atoms with Crippen LogP contribution >= 0.6 is 0 Å². The van der Waals surface area contributed by atoms with Crippen LogP contribution in [0.25, 0.3) is 0 Å². The number of hydrogen-bond donors (Lipinski definition) is 1. The van der Waals surface area contributed by atoms with Crippen LogP contribution in [0.4, 0.5) is 0 Å². The molecule has 0 saturated heterocycles. The summed E-state index contributed by atoms with van der Waals surface area (Å²) in [6.45, 7) is 0.289. The monoisotopic (exact) mass is 446 g/mol. The highest BCUT2D eigenvalue weighted by molar-refractivity contribution is 5.88. The Kier molecular flexibility index (Phi) is 8.47. The Hall–Kier alpha value is -3.80. The molecule has 172 valence electrons. The van der Waals surface area contributed by atoms with Crippen LogP contribution in [0.3, 0.4) is 0 Å². The maximum Gasteiger partial charge on any atom is 0.242 e. The van der Waals surface area contributed by atoms with Gasteiger partial charge in [-0.3, -0.25) is 9.59 Å². The van der Waals surface area contributed by atoms with Crippen LogP contribution in [0.5, 0.6) is 11.5 Å². The highest BCUT2D eigenvalue weighted by atomic mass is 16.5. The molecule has 33 heavy (non-hydrogen) atoms. The van der Waals surface area contributed by atoms with Crippen molar-refractivity contribution in [1.29, 1.82) is 0 Å². The first-order valence-electron chi connectivity index (χ1n) is 10.8. The first-order valence-corrected chi connectivity index (χ1v) is 10.8. The van der Waals surface area contributed by atoms with Crippen molar-refractivity contribution in [2.75, 3.05) is 21.3 Å². The molecule has 0 spiro atoms. The van der Waals surface area contributed by atoms with Gasteiger partial charge in [0, 0.05) is 20.0 Å². The van der Waals surface area contributed by atoms with E-state index in [9.17, 15) is 9.59 Å². The molecule has 0 unspecified atom stereocenters. The van der Waals surface area contributed by atoms with Gasteiger partial charge in [-0.05, 0) is 41.0 Å². The number of ether oxygens (including phenoxy) is 2. The standard InChI is InChI=1S/C27H30N2O4/c1-28-27(31)25(17-20-8-5-4-6-9-20)29(19-22-10-7-11-24(16-22)33-3)26(30)18-21-12-14-23(32-2)15-13-21/h4-16,25H,17-19H2,1-3H3,(H,28,31)/t25-/m0/s1. The number of amides is 2. The number of rotatable bonds is 10. The second-order valence-corrected chi connectivity index (χ2v) is 7.72. The predicted octanol–water partition coefficient (Wildman–Crippen LogP) is 3.63. The molecule has 2 amide bonds. The minimum absolute atomic E-state index is 0.132. The predicted molar refractivity (Wildman–Crippen MR) is 128 cm³/mol. The molecule has 3 rings (SSSR count). The fraction of sp³-hybridized carbons (Fsp3) is 0.259. The number of likely N-dealkylation sites (N-methyl/N-ethyl adjacent to an activating group) is 1. The van der Waals surface area contributed by atoms with E-state index < -0.39 is 6.04 Å². The van der Waals surface area contributed by atoms with Crippen LogP contribution in [0, 0.1) is 0 Å². The summed E-state index contributed by atoms with van der Waals surface area (Å²) in [5.74, 6) is 1.10. The molecule has 1 atom stereocenters. The first kappa shape index (κ1) is 23.9. The summed E-state index contributed by atoms with van der Waals surface area (Å²) in [5.41, 5.74) is 2.73. The van der Waals surface area contributed by atoms with Crippen molar-refractivity contribution in [1.82, 2.24) is 10.2 Å². The molecule has 0 bridgehead atoms. The zero-order valence-electron chi connectivity index (χ0n) is 19.3. The third-order valence-corrected chi connectivity index (χ3v) is 5.52. The smallest absolute Gasteiger partial charge is 0.242 e. The van der Waals surface area contributed by atoms with Gasteiger partial charge in [0.1, 0.15) is 17.5 Å². The number of hydrogen-bond acceptors (Lipinski definition) is 4. The fourth-order valence-electron chi connectivity index (χ4n) is 3.71. The zero-order chi connectivity index (χ0) is 23.6. The Morgan fingerprint density at radius 1 is 0.818 bits per heavy atom. The quantitative estimate of drug-likeness (QED) is 0.516. The Morgan fingerprint density at radius 2 is 1.48 bits per heavy atom. The molecule has 0 fully saturated rings. The Balaban J connectivity index is 1.93. The second-order valence-electron chi connectivity index (χ2n) is 7.72. The third-order valence-electron chi connectivity index (χ3n) is 5.52. The topological polar surface area (TPSA) is 67.9 Å². The fourth-order valence-corrected chi connectivity index (χ4v) is 3.71. The molecule has 0 radical (unpaired) electrons. The van der Waals surface area contributed by atoms with Crippen molar-refractivity contribution in [3.8, 4) is 11.5 Å². The maximum atomic E-state index is 13.6. The van der Waals surface area contributed by atoms with E-state index in [0.717, 1.165) is 22.4 Å². The molecule has 0 aliphatic carbocycles. The van der Waals surface area contributed by atoms with Crippen LogP contribution in [0.2, 0.25) is 0 Å². The molecule has 1 N–H and O–H groups in total. The van der Waals surface area contributed by atoms with Crippen LogP contribution in [0.15, 0.2) is 78.9 Å². The largest absolute Gasteiger partial charge is 0.497 e. The van der Waals surface area contributed by atoms with E-state index in [2.05, 4.69) is 5.32 Å². The van der Waals surface area contributed by atoms with Crippen LogP contribution < -0.4 is 14.8 Å². The van der Waals surface area contributed by atoms with E-state index in [-0.39, 0.29) is 24.8 Å². The SMILES string of the molecule is CNC(=O)[C@H](Cc1ccccc1)N(Cc1cccc(OC)c1)C(=O)Cc1ccc(OC)cc1. The summed E-state index contributed by atoms with van der Waals surface area (Å²) in [4.78, 5) is 28.2. The van der Waals surface area contributed by atoms with Crippen molar-refractivity contribution in [2.45, 2.75) is 25.4 Å². The van der Waals surface area contributed by atoms with E-state index in [1.807, 2.05) is 78.9 Å². The lowest BCUT2D eigenvalue weighted by Crippen LogP contribution is -2.50. The van der Waals surface area contributed by atoms with Crippen LogP contribution in [0.1, 0.15) is 16.7 Å². The minimum atomic E-state index is -0.658. The molecule has 3 aromatic carbocycles. The van der Waals surface area contributed by atoms with Gasteiger partial charge in [-0.2, -0.15) is 0 Å². The van der Waals surface area contributed by atoms with Gasteiger partial charge < -0.3 is 19.7 Å². The summed E-state index contributed by atoms with van der Waals surface area (Å²) in [6, 6.07) is 24.0. The van der Waals surface area contributed by atoms with Crippen molar-refractivity contribution in [2.24, 2.45) is 0 Å². The molecule has 0 aromatic heterocycles. The molecule has 0 aliphatic rings. The van der Waals surface area contributed by atoms with E-state index >= 15 is 0 Å². The molecule has 6 nitrogen and oxygen atoms in total. The second kappa shape index (κ2) is 11.7. The van der Waals surface area contributed by atoms with Gasteiger partial charge in [0.2, 0.25) is 11.8 Å². The van der Waals surface area contributed by atoms with Gasteiger partial charge in [-0.1, -0.05) is 54.6 Å². The van der Waals surface area contributed by atoms with E-state index in [4.69, 9.17) is 9.47 Å². The van der Waals surface area contributed by atoms with Gasteiger partial charge in [-0.15, -0.1) is 0 Å². The summed E-state index contributed by atoms with van der Waals surface area (Å²) < 4.78 is 10.6. The highest BCUT2D eigenvalue weighted by Crippen LogP contribution is 2.20. The Morgan fingerprint density at radius 3 is 2.12 bits per heavy atom. The van der Waals surface area contributed by atoms with E-state index in [0.29, 0.717) is 12.2 Å². The van der Waals surface area contributed by atoms with Crippen LogP contribution in [-0.2, 0) is 29.0 Å². The molecular weight excluding hydrogens is 416 g/mol. The number of nitrogens with one attached hydrogen (secondary N) is 1. The Labute approximate surface area is 195 Å². The van der Waals surface area contributed by atoms with Crippen molar-refractivity contribution < 1.29 is 19.1 Å². The zero-order valence-corrected chi connectivity index (χ0v) is 19.3. The average molecular weight is 447 g/mol. The molecule has 6 heteroatoms. The first-order chi connectivity index (χ1) is 16.0. The van der Waals surface area contributed by atoms with Crippen LogP contribution in [-0.4, -0.2) is 44.0 Å². The normalized spacial score (nSPS) is 11.4. The van der Waals surface area contributed by atoms with Crippen molar-refractivity contribution in [3.63, 3.8) is 0 Å². The summed E-state index contributed by atoms with van der Waals surface area (Å²) in [5, 5.41) is 2.73. The van der Waals surface area contributed by atoms with Gasteiger partial charge in [0.25, 0.3) is 0 Å². The number of benzene rings is 3. The molecular formula is C27H30N2O4. The highest BCUT2D eigenvalue weighted by Gasteiger charge is 2.29. The number of nitrogens with zero attached hydrogens (tertiary/aromatic N) is 1. The number of carbonyl (C=O) groups excluding carboxylic acids is 2. The van der Waals surface area contributed by atoms with Gasteiger partial charge in [-0.25, -0.2) is 0 Å². The molecule has 0 saturated carbocycles. The summed E-state index contributed by atoms with van der Waals surface area (Å²) in [7, 11) is 4.81. The number of carbonyl (C=O) groups is 2. The van der Waals surface area contributed by atoms with E-state index in [1.165, 1.54) is 0 Å². The minimum Gasteiger partial charge on any atom is -0.497 e. The van der Waals surface area contributed by atoms with Gasteiger partial charge >= 0.3 is 0 Å². The lowest BCUT2D eigenvalue weighted by Gasteiger charge is -2.31. The molecule has 0 aliphatic heterocycles.